The van der Waals surface area contributed by atoms with Crippen molar-refractivity contribution in [1.82, 2.24) is 14.7 Å². The van der Waals surface area contributed by atoms with Crippen LogP contribution in [-0.2, 0) is 4.79 Å². The number of amides is 1. The summed E-state index contributed by atoms with van der Waals surface area (Å²) < 4.78 is 0. The molecule has 2 unspecified atom stereocenters. The first kappa shape index (κ1) is 14.3. The Morgan fingerprint density at radius 1 is 1.00 bits per heavy atom. The van der Waals surface area contributed by atoms with Gasteiger partial charge in [0.05, 0.1) is 18.2 Å². The van der Waals surface area contributed by atoms with Crippen LogP contribution in [0.5, 0.6) is 0 Å². The van der Waals surface area contributed by atoms with Gasteiger partial charge in [0.25, 0.3) is 0 Å². The van der Waals surface area contributed by atoms with Crippen LogP contribution in [0, 0.1) is 11.3 Å². The molecule has 0 radical (unpaired) electrons. The number of rotatable bonds is 3. The Morgan fingerprint density at radius 3 is 2.05 bits per heavy atom. The van der Waals surface area contributed by atoms with Gasteiger partial charge in [0.1, 0.15) is 0 Å². The van der Waals surface area contributed by atoms with E-state index in [1.54, 1.807) is 0 Å². The van der Waals surface area contributed by atoms with E-state index in [4.69, 9.17) is 5.26 Å². The van der Waals surface area contributed by atoms with Crippen molar-refractivity contribution in [3.63, 3.8) is 0 Å². The van der Waals surface area contributed by atoms with E-state index < -0.39 is 0 Å². The molecular weight excluding hydrogens is 240 g/mol. The number of nitriles is 1. The quantitative estimate of drug-likeness (QED) is 0.746. The molecule has 0 N–H and O–H groups in total. The Kier molecular flexibility index (Phi) is 4.78. The lowest BCUT2D eigenvalue weighted by Crippen LogP contribution is -2.55. The van der Waals surface area contributed by atoms with Crippen molar-refractivity contribution < 1.29 is 4.79 Å². The molecular formula is C14H24N4O. The molecule has 1 amide bonds. The van der Waals surface area contributed by atoms with E-state index in [0.717, 1.165) is 52.1 Å². The lowest BCUT2D eigenvalue weighted by atomic mass is 10.2. The summed E-state index contributed by atoms with van der Waals surface area (Å²) in [4.78, 5) is 18.8. The van der Waals surface area contributed by atoms with Crippen molar-refractivity contribution >= 4 is 5.91 Å². The van der Waals surface area contributed by atoms with Gasteiger partial charge in [-0.3, -0.25) is 14.6 Å². The normalized spacial score (nSPS) is 25.0. The molecule has 0 saturated carbocycles. The van der Waals surface area contributed by atoms with E-state index in [-0.39, 0.29) is 18.0 Å². The van der Waals surface area contributed by atoms with Crippen LogP contribution in [0.4, 0.5) is 0 Å². The topological polar surface area (TPSA) is 50.6 Å². The monoisotopic (exact) mass is 264 g/mol. The first-order chi connectivity index (χ1) is 9.13. The molecule has 0 bridgehead atoms. The van der Waals surface area contributed by atoms with Crippen molar-refractivity contribution in [2.75, 3.05) is 39.3 Å². The zero-order chi connectivity index (χ0) is 13.8. The van der Waals surface area contributed by atoms with E-state index in [1.807, 2.05) is 18.7 Å². The summed E-state index contributed by atoms with van der Waals surface area (Å²) >= 11 is 0. The molecule has 2 aliphatic rings. The maximum atomic E-state index is 12.3. The Balaban J connectivity index is 1.83. The van der Waals surface area contributed by atoms with Crippen LogP contribution in [0.2, 0.25) is 0 Å². The number of hydrogen-bond acceptors (Lipinski definition) is 4. The fourth-order valence-electron chi connectivity index (χ4n) is 2.95. The van der Waals surface area contributed by atoms with E-state index in [2.05, 4.69) is 15.9 Å². The van der Waals surface area contributed by atoms with Gasteiger partial charge >= 0.3 is 0 Å². The Morgan fingerprint density at radius 2 is 1.53 bits per heavy atom. The number of piperazine rings is 1. The Hall–Kier alpha value is -1.12. The second-order valence-corrected chi connectivity index (χ2v) is 5.59. The highest BCUT2D eigenvalue weighted by Crippen LogP contribution is 2.14. The summed E-state index contributed by atoms with van der Waals surface area (Å²) in [7, 11) is 0. The third-order valence-corrected chi connectivity index (χ3v) is 4.41. The first-order valence-corrected chi connectivity index (χ1v) is 7.30. The lowest BCUT2D eigenvalue weighted by Gasteiger charge is -2.39. The van der Waals surface area contributed by atoms with Gasteiger partial charge in [-0.15, -0.1) is 0 Å². The summed E-state index contributed by atoms with van der Waals surface area (Å²) in [5.74, 6) is 0.277. The fraction of sp³-hybridized carbons (Fsp3) is 0.857. The fourth-order valence-corrected chi connectivity index (χ4v) is 2.95. The minimum Gasteiger partial charge on any atom is -0.341 e. The first-order valence-electron chi connectivity index (χ1n) is 7.30. The zero-order valence-electron chi connectivity index (χ0n) is 12.0. The molecule has 106 valence electrons. The molecule has 2 atom stereocenters. The highest BCUT2D eigenvalue weighted by molar-refractivity contribution is 5.81. The minimum absolute atomic E-state index is 0.0161. The molecule has 2 saturated heterocycles. The van der Waals surface area contributed by atoms with Crippen LogP contribution in [0.3, 0.4) is 0 Å². The summed E-state index contributed by atoms with van der Waals surface area (Å²) in [6.07, 6.45) is 2.29. The number of nitrogens with zero attached hydrogens (tertiary/aromatic N) is 4. The second-order valence-electron chi connectivity index (χ2n) is 5.59. The second kappa shape index (κ2) is 6.36. The van der Waals surface area contributed by atoms with Crippen LogP contribution in [0.15, 0.2) is 0 Å². The molecule has 0 aromatic rings. The highest BCUT2D eigenvalue weighted by Gasteiger charge is 2.30. The summed E-state index contributed by atoms with van der Waals surface area (Å²) in [5, 5.41) is 8.93. The molecule has 0 aromatic heterocycles. The average molecular weight is 264 g/mol. The van der Waals surface area contributed by atoms with Crippen molar-refractivity contribution in [1.29, 1.82) is 5.26 Å². The van der Waals surface area contributed by atoms with Crippen molar-refractivity contribution in [3.05, 3.63) is 0 Å². The summed E-state index contributed by atoms with van der Waals surface area (Å²) in [6, 6.07) is 2.24. The maximum Gasteiger partial charge on any atom is 0.239 e. The molecule has 2 aliphatic heterocycles. The third-order valence-electron chi connectivity index (χ3n) is 4.41. The smallest absolute Gasteiger partial charge is 0.239 e. The molecule has 5 nitrogen and oxygen atoms in total. The summed E-state index contributed by atoms with van der Waals surface area (Å²) in [6.45, 7) is 9.33. The van der Waals surface area contributed by atoms with Gasteiger partial charge in [-0.2, -0.15) is 5.26 Å². The van der Waals surface area contributed by atoms with Crippen LogP contribution in [-0.4, -0.2) is 72.0 Å². The lowest BCUT2D eigenvalue weighted by molar-refractivity contribution is -0.136. The van der Waals surface area contributed by atoms with Crippen molar-refractivity contribution in [3.8, 4) is 6.07 Å². The number of carbonyl (C=O) groups excluding carboxylic acids is 1. The third kappa shape index (κ3) is 3.26. The molecule has 19 heavy (non-hydrogen) atoms. The predicted molar refractivity (Wildman–Crippen MR) is 73.5 cm³/mol. The van der Waals surface area contributed by atoms with Gasteiger partial charge in [-0.05, 0) is 26.7 Å². The molecule has 2 fully saturated rings. The molecule has 2 heterocycles. The number of carbonyl (C=O) groups is 1. The highest BCUT2D eigenvalue weighted by atomic mass is 16.2. The number of hydrogen-bond donors (Lipinski definition) is 0. The number of likely N-dealkylation sites (tertiary alicyclic amines) is 1. The molecule has 5 heteroatoms. The summed E-state index contributed by atoms with van der Waals surface area (Å²) in [5.41, 5.74) is 0. The molecule has 0 aromatic carbocycles. The van der Waals surface area contributed by atoms with Gasteiger partial charge in [0, 0.05) is 39.3 Å². The van der Waals surface area contributed by atoms with E-state index in [9.17, 15) is 4.79 Å². The van der Waals surface area contributed by atoms with Crippen LogP contribution >= 0.6 is 0 Å². The largest absolute Gasteiger partial charge is 0.341 e. The van der Waals surface area contributed by atoms with Gasteiger partial charge in [0.2, 0.25) is 5.91 Å². The maximum absolute atomic E-state index is 12.3. The predicted octanol–water partition coefficient (Wildman–Crippen LogP) is 0.527. The molecule has 0 aliphatic carbocycles. The van der Waals surface area contributed by atoms with E-state index in [1.165, 1.54) is 0 Å². The van der Waals surface area contributed by atoms with Gasteiger partial charge in [-0.1, -0.05) is 0 Å². The van der Waals surface area contributed by atoms with Gasteiger partial charge < -0.3 is 4.90 Å². The molecule has 0 spiro atoms. The van der Waals surface area contributed by atoms with Gasteiger partial charge in [0.15, 0.2) is 0 Å². The van der Waals surface area contributed by atoms with Crippen LogP contribution < -0.4 is 0 Å². The van der Waals surface area contributed by atoms with E-state index >= 15 is 0 Å². The van der Waals surface area contributed by atoms with Crippen molar-refractivity contribution in [2.45, 2.75) is 38.8 Å². The van der Waals surface area contributed by atoms with Gasteiger partial charge in [-0.25, -0.2) is 0 Å². The Bertz CT molecular complexity index is 351. The zero-order valence-corrected chi connectivity index (χ0v) is 12.0. The SMILES string of the molecule is CC(C#N)N1CCN(C(C)C(=O)N2CCCC2)CC1. The standard InChI is InChI=1S/C14H24N4O/c1-12(11-15)16-7-9-17(10-8-16)13(2)14(19)18-5-3-4-6-18/h12-13H,3-10H2,1-2H3. The Labute approximate surface area is 115 Å². The van der Waals surface area contributed by atoms with Crippen LogP contribution in [0.1, 0.15) is 26.7 Å². The van der Waals surface area contributed by atoms with Crippen molar-refractivity contribution in [2.24, 2.45) is 0 Å². The minimum atomic E-state index is -0.0215. The van der Waals surface area contributed by atoms with Crippen LogP contribution in [0.25, 0.3) is 0 Å². The average Bonchev–Trinajstić information content (AvgIpc) is 2.99. The molecule has 2 rings (SSSR count). The van der Waals surface area contributed by atoms with E-state index in [0.29, 0.717) is 0 Å².